The van der Waals surface area contributed by atoms with Crippen LogP contribution in [0.25, 0.3) is 22.2 Å². The van der Waals surface area contributed by atoms with Gasteiger partial charge in [-0.15, -0.1) is 0 Å². The maximum atomic E-state index is 11.3. The number of aromatic amines is 2. The van der Waals surface area contributed by atoms with Crippen LogP contribution in [0, 0.1) is 0 Å². The monoisotopic (exact) mass is 300 g/mol. The van der Waals surface area contributed by atoms with Crippen molar-refractivity contribution in [1.29, 1.82) is 0 Å². The average molecular weight is 301 g/mol. The van der Waals surface area contributed by atoms with E-state index in [4.69, 9.17) is 16.3 Å². The number of aromatic nitrogens is 2. The molecule has 21 heavy (non-hydrogen) atoms. The SMILES string of the molecule is O=c1[nH]c2ccc(-c3cccc(OC4CC4)c3Cl)cc2[nH]1. The van der Waals surface area contributed by atoms with Crippen molar-refractivity contribution in [2.24, 2.45) is 0 Å². The number of hydrogen-bond donors (Lipinski definition) is 2. The summed E-state index contributed by atoms with van der Waals surface area (Å²) < 4.78 is 5.81. The molecule has 0 spiro atoms. The second-order valence-corrected chi connectivity index (χ2v) is 5.65. The van der Waals surface area contributed by atoms with Gasteiger partial charge in [-0.1, -0.05) is 29.8 Å². The van der Waals surface area contributed by atoms with Gasteiger partial charge in [-0.2, -0.15) is 0 Å². The molecule has 0 radical (unpaired) electrons. The van der Waals surface area contributed by atoms with E-state index in [0.717, 1.165) is 40.8 Å². The molecule has 0 atom stereocenters. The van der Waals surface area contributed by atoms with Crippen LogP contribution >= 0.6 is 11.6 Å². The first-order valence-corrected chi connectivity index (χ1v) is 7.26. The lowest BCUT2D eigenvalue weighted by molar-refractivity contribution is 0.303. The Morgan fingerprint density at radius 3 is 2.71 bits per heavy atom. The summed E-state index contributed by atoms with van der Waals surface area (Å²) in [5, 5.41) is 0.613. The van der Waals surface area contributed by atoms with Crippen LogP contribution in [0.15, 0.2) is 41.2 Å². The number of nitrogens with one attached hydrogen (secondary N) is 2. The van der Waals surface area contributed by atoms with E-state index in [9.17, 15) is 4.79 Å². The number of H-pyrrole nitrogens is 2. The first kappa shape index (κ1) is 12.5. The van der Waals surface area contributed by atoms with E-state index < -0.39 is 0 Å². The maximum absolute atomic E-state index is 11.3. The third-order valence-electron chi connectivity index (χ3n) is 3.61. The van der Waals surface area contributed by atoms with Crippen molar-refractivity contribution in [2.45, 2.75) is 18.9 Å². The van der Waals surface area contributed by atoms with Crippen LogP contribution in [-0.4, -0.2) is 16.1 Å². The molecule has 0 amide bonds. The zero-order valence-electron chi connectivity index (χ0n) is 11.2. The van der Waals surface area contributed by atoms with Crippen molar-refractivity contribution >= 4 is 22.6 Å². The molecule has 0 saturated heterocycles. The van der Waals surface area contributed by atoms with Gasteiger partial charge in [0.1, 0.15) is 5.75 Å². The number of imidazole rings is 1. The third kappa shape index (κ3) is 2.32. The van der Waals surface area contributed by atoms with E-state index in [1.54, 1.807) is 0 Å². The Bertz CT molecular complexity index is 877. The molecule has 4 rings (SSSR count). The highest BCUT2D eigenvalue weighted by Gasteiger charge is 2.25. The molecule has 4 nitrogen and oxygen atoms in total. The van der Waals surface area contributed by atoms with Gasteiger partial charge in [-0.05, 0) is 36.6 Å². The molecule has 1 saturated carbocycles. The van der Waals surface area contributed by atoms with Crippen LogP contribution in [0.2, 0.25) is 5.02 Å². The molecule has 1 aromatic heterocycles. The Morgan fingerprint density at radius 2 is 1.90 bits per heavy atom. The molecule has 0 bridgehead atoms. The van der Waals surface area contributed by atoms with Crippen LogP contribution in [0.1, 0.15) is 12.8 Å². The smallest absolute Gasteiger partial charge is 0.323 e. The largest absolute Gasteiger partial charge is 0.489 e. The quantitative estimate of drug-likeness (QED) is 0.774. The molecule has 0 unspecified atom stereocenters. The summed E-state index contributed by atoms with van der Waals surface area (Å²) in [6, 6.07) is 11.5. The van der Waals surface area contributed by atoms with Crippen molar-refractivity contribution in [2.75, 3.05) is 0 Å². The molecule has 1 aliphatic rings. The lowest BCUT2D eigenvalue weighted by Gasteiger charge is -2.11. The van der Waals surface area contributed by atoms with Crippen LogP contribution in [0.4, 0.5) is 0 Å². The lowest BCUT2D eigenvalue weighted by atomic mass is 10.0. The van der Waals surface area contributed by atoms with Gasteiger partial charge in [0.2, 0.25) is 0 Å². The molecule has 2 aromatic carbocycles. The summed E-state index contributed by atoms with van der Waals surface area (Å²) in [6.07, 6.45) is 2.50. The highest BCUT2D eigenvalue weighted by Crippen LogP contribution is 2.38. The Labute approximate surface area is 125 Å². The Kier molecular flexibility index (Phi) is 2.79. The van der Waals surface area contributed by atoms with Gasteiger partial charge in [0.25, 0.3) is 0 Å². The maximum Gasteiger partial charge on any atom is 0.323 e. The fourth-order valence-electron chi connectivity index (χ4n) is 2.39. The van der Waals surface area contributed by atoms with E-state index in [2.05, 4.69) is 9.97 Å². The molecule has 1 aliphatic carbocycles. The van der Waals surface area contributed by atoms with Gasteiger partial charge in [0.05, 0.1) is 22.2 Å². The van der Waals surface area contributed by atoms with E-state index in [0.29, 0.717) is 11.1 Å². The van der Waals surface area contributed by atoms with Crippen molar-refractivity contribution in [3.63, 3.8) is 0 Å². The van der Waals surface area contributed by atoms with E-state index in [-0.39, 0.29) is 5.69 Å². The Balaban J connectivity index is 1.81. The van der Waals surface area contributed by atoms with Crippen LogP contribution in [0.5, 0.6) is 5.75 Å². The molecular formula is C16H13ClN2O2. The van der Waals surface area contributed by atoms with E-state index in [1.165, 1.54) is 0 Å². The minimum Gasteiger partial charge on any atom is -0.489 e. The molecule has 5 heteroatoms. The van der Waals surface area contributed by atoms with E-state index >= 15 is 0 Å². The third-order valence-corrected chi connectivity index (χ3v) is 4.00. The van der Waals surface area contributed by atoms with Crippen LogP contribution in [-0.2, 0) is 0 Å². The fraction of sp³-hybridized carbons (Fsp3) is 0.188. The van der Waals surface area contributed by atoms with Gasteiger partial charge < -0.3 is 14.7 Å². The molecule has 106 valence electrons. The second-order valence-electron chi connectivity index (χ2n) is 5.27. The Hall–Kier alpha value is -2.20. The number of fused-ring (bicyclic) bond motifs is 1. The van der Waals surface area contributed by atoms with Gasteiger partial charge in [-0.3, -0.25) is 0 Å². The predicted molar refractivity (Wildman–Crippen MR) is 83.0 cm³/mol. The zero-order chi connectivity index (χ0) is 14.4. The number of rotatable bonds is 3. The second kappa shape index (κ2) is 4.67. The molecule has 1 heterocycles. The van der Waals surface area contributed by atoms with Crippen molar-refractivity contribution in [3.8, 4) is 16.9 Å². The Morgan fingerprint density at radius 1 is 1.10 bits per heavy atom. The minimum absolute atomic E-state index is 0.209. The minimum atomic E-state index is -0.209. The van der Waals surface area contributed by atoms with Gasteiger partial charge >= 0.3 is 5.69 Å². The van der Waals surface area contributed by atoms with Crippen molar-refractivity contribution in [1.82, 2.24) is 9.97 Å². The predicted octanol–water partition coefficient (Wildman–Crippen LogP) is 3.72. The normalized spacial score (nSPS) is 14.5. The highest BCUT2D eigenvalue weighted by molar-refractivity contribution is 6.34. The summed E-state index contributed by atoms with van der Waals surface area (Å²) in [5.74, 6) is 0.722. The summed E-state index contributed by atoms with van der Waals surface area (Å²) in [6.45, 7) is 0. The summed E-state index contributed by atoms with van der Waals surface area (Å²) in [4.78, 5) is 16.8. The standard InChI is InChI=1S/C16H13ClN2O2/c17-15-11(2-1-3-14(15)21-10-5-6-10)9-4-7-12-13(8-9)19-16(20)18-12/h1-4,7-8,10H,5-6H2,(H2,18,19,20). The van der Waals surface area contributed by atoms with Crippen LogP contribution in [0.3, 0.4) is 0 Å². The van der Waals surface area contributed by atoms with Crippen molar-refractivity contribution in [3.05, 3.63) is 51.9 Å². The summed E-state index contributed by atoms with van der Waals surface area (Å²) in [7, 11) is 0. The number of ether oxygens (including phenoxy) is 1. The van der Waals surface area contributed by atoms with Gasteiger partial charge in [-0.25, -0.2) is 4.79 Å². The molecule has 1 fully saturated rings. The first-order valence-electron chi connectivity index (χ1n) is 6.88. The van der Waals surface area contributed by atoms with Gasteiger partial charge in [0.15, 0.2) is 0 Å². The fourth-order valence-corrected chi connectivity index (χ4v) is 2.67. The average Bonchev–Trinajstić information content (AvgIpc) is 3.20. The molecule has 2 N–H and O–H groups in total. The topological polar surface area (TPSA) is 57.9 Å². The van der Waals surface area contributed by atoms with Gasteiger partial charge in [0, 0.05) is 5.56 Å². The number of hydrogen-bond acceptors (Lipinski definition) is 2. The highest BCUT2D eigenvalue weighted by atomic mass is 35.5. The summed E-state index contributed by atoms with van der Waals surface area (Å²) >= 11 is 6.47. The zero-order valence-corrected chi connectivity index (χ0v) is 11.9. The molecule has 0 aliphatic heterocycles. The van der Waals surface area contributed by atoms with Crippen molar-refractivity contribution < 1.29 is 4.74 Å². The molecule has 3 aromatic rings. The molecular weight excluding hydrogens is 288 g/mol. The number of benzene rings is 2. The number of halogens is 1. The first-order chi connectivity index (χ1) is 10.2. The van der Waals surface area contributed by atoms with Crippen LogP contribution < -0.4 is 10.4 Å². The summed E-state index contributed by atoms with van der Waals surface area (Å²) in [5.41, 5.74) is 3.19. The lowest BCUT2D eigenvalue weighted by Crippen LogP contribution is -1.99. The van der Waals surface area contributed by atoms with E-state index in [1.807, 2.05) is 36.4 Å².